The molecule has 4 nitrogen and oxygen atoms in total. The number of thiophene rings is 1. The second-order valence-electron chi connectivity index (χ2n) is 6.07. The molecule has 1 aromatic rings. The summed E-state index contributed by atoms with van der Waals surface area (Å²) < 4.78 is 1.02. The van der Waals surface area contributed by atoms with Gasteiger partial charge in [0.05, 0.1) is 6.54 Å². The van der Waals surface area contributed by atoms with E-state index in [1.54, 1.807) is 16.2 Å². The summed E-state index contributed by atoms with van der Waals surface area (Å²) in [4.78, 5) is 27.4. The summed E-state index contributed by atoms with van der Waals surface area (Å²) in [5, 5.41) is 4.85. The highest BCUT2D eigenvalue weighted by Gasteiger charge is 2.37. The number of rotatable bonds is 2. The molecule has 2 amide bonds. The Hall–Kier alpha value is -0.880. The molecule has 1 fully saturated rings. The van der Waals surface area contributed by atoms with Crippen LogP contribution < -0.4 is 5.32 Å². The van der Waals surface area contributed by atoms with Crippen molar-refractivity contribution in [2.24, 2.45) is 5.41 Å². The van der Waals surface area contributed by atoms with Gasteiger partial charge in [0.15, 0.2) is 0 Å². The molecule has 1 unspecified atom stereocenters. The number of hydrogen-bond acceptors (Lipinski definition) is 3. The van der Waals surface area contributed by atoms with Gasteiger partial charge in [0, 0.05) is 22.3 Å². The summed E-state index contributed by atoms with van der Waals surface area (Å²) in [6, 6.07) is 1.52. The average Bonchev–Trinajstić information content (AvgIpc) is 2.68. The fourth-order valence-corrected chi connectivity index (χ4v) is 3.67. The largest absolute Gasteiger partial charge is 0.344 e. The maximum absolute atomic E-state index is 12.7. The van der Waals surface area contributed by atoms with Gasteiger partial charge in [-0.3, -0.25) is 9.59 Å². The summed E-state index contributed by atoms with van der Waals surface area (Å²) in [6.07, 6.45) is 0.362. The van der Waals surface area contributed by atoms with Crippen molar-refractivity contribution in [1.29, 1.82) is 0 Å². The minimum Gasteiger partial charge on any atom is -0.344 e. The van der Waals surface area contributed by atoms with Gasteiger partial charge in [-0.2, -0.15) is 0 Å². The summed E-state index contributed by atoms with van der Waals surface area (Å²) >= 11 is 5.10. The predicted octanol–water partition coefficient (Wildman–Crippen LogP) is 2.77. The SMILES string of the molecule is CC(C)(C)C1NC(=O)CCN(Cc2sccc2Br)C1=O. The van der Waals surface area contributed by atoms with Crippen molar-refractivity contribution in [2.75, 3.05) is 6.54 Å². The molecule has 0 aliphatic carbocycles. The van der Waals surface area contributed by atoms with Crippen LogP contribution in [0, 0.1) is 5.41 Å². The molecule has 1 aliphatic rings. The topological polar surface area (TPSA) is 49.4 Å². The van der Waals surface area contributed by atoms with Crippen molar-refractivity contribution in [3.63, 3.8) is 0 Å². The Morgan fingerprint density at radius 2 is 2.15 bits per heavy atom. The summed E-state index contributed by atoms with van der Waals surface area (Å²) in [6.45, 7) is 6.95. The van der Waals surface area contributed by atoms with E-state index in [1.807, 2.05) is 32.2 Å². The van der Waals surface area contributed by atoms with Gasteiger partial charge < -0.3 is 10.2 Å². The van der Waals surface area contributed by atoms with Crippen LogP contribution in [0.3, 0.4) is 0 Å². The third-order valence-electron chi connectivity index (χ3n) is 3.36. The maximum Gasteiger partial charge on any atom is 0.246 e. The Kier molecular flexibility index (Phi) is 4.54. The molecule has 1 saturated heterocycles. The van der Waals surface area contributed by atoms with Gasteiger partial charge in [0.2, 0.25) is 11.8 Å². The third-order valence-corrected chi connectivity index (χ3v) is 5.28. The zero-order chi connectivity index (χ0) is 14.9. The molecule has 0 spiro atoms. The first-order valence-corrected chi connectivity index (χ1v) is 8.26. The number of amides is 2. The van der Waals surface area contributed by atoms with Gasteiger partial charge in [0.1, 0.15) is 6.04 Å². The molecule has 2 rings (SSSR count). The minimum absolute atomic E-state index is 0.00338. The van der Waals surface area contributed by atoms with E-state index in [0.29, 0.717) is 19.5 Å². The van der Waals surface area contributed by atoms with E-state index in [2.05, 4.69) is 21.2 Å². The number of carbonyl (C=O) groups is 2. The van der Waals surface area contributed by atoms with Crippen LogP contribution in [-0.2, 0) is 16.1 Å². The van der Waals surface area contributed by atoms with Crippen LogP contribution in [0.25, 0.3) is 0 Å². The van der Waals surface area contributed by atoms with E-state index in [4.69, 9.17) is 0 Å². The lowest BCUT2D eigenvalue weighted by molar-refractivity contribution is -0.136. The Morgan fingerprint density at radius 1 is 1.45 bits per heavy atom. The Labute approximate surface area is 131 Å². The normalized spacial score (nSPS) is 20.8. The van der Waals surface area contributed by atoms with Crippen LogP contribution in [0.4, 0.5) is 0 Å². The molecule has 1 aromatic heterocycles. The standard InChI is InChI=1S/C14H19BrN2O2S/c1-14(2,3)12-13(19)17(6-4-11(18)16-12)8-10-9(15)5-7-20-10/h5,7,12H,4,6,8H2,1-3H3,(H,16,18). The van der Waals surface area contributed by atoms with Crippen molar-refractivity contribution in [3.05, 3.63) is 20.8 Å². The summed E-state index contributed by atoms with van der Waals surface area (Å²) in [5.41, 5.74) is -0.290. The van der Waals surface area contributed by atoms with Crippen molar-refractivity contribution >= 4 is 39.1 Å². The predicted molar refractivity (Wildman–Crippen MR) is 83.4 cm³/mol. The fraction of sp³-hybridized carbons (Fsp3) is 0.571. The van der Waals surface area contributed by atoms with E-state index >= 15 is 0 Å². The van der Waals surface area contributed by atoms with Crippen LogP contribution in [0.5, 0.6) is 0 Å². The van der Waals surface area contributed by atoms with E-state index in [0.717, 1.165) is 9.35 Å². The summed E-state index contributed by atoms with van der Waals surface area (Å²) in [7, 11) is 0. The molecule has 20 heavy (non-hydrogen) atoms. The highest BCUT2D eigenvalue weighted by Crippen LogP contribution is 2.27. The van der Waals surface area contributed by atoms with Gasteiger partial charge in [-0.15, -0.1) is 11.3 Å². The van der Waals surface area contributed by atoms with Gasteiger partial charge >= 0.3 is 0 Å². The first-order chi connectivity index (χ1) is 9.29. The Balaban J connectivity index is 2.22. The molecule has 2 heterocycles. The number of carbonyl (C=O) groups excluding carboxylic acids is 2. The van der Waals surface area contributed by atoms with Crippen molar-refractivity contribution < 1.29 is 9.59 Å². The molecule has 1 N–H and O–H groups in total. The Bertz CT molecular complexity index is 521. The van der Waals surface area contributed by atoms with Crippen molar-refractivity contribution in [3.8, 4) is 0 Å². The number of halogens is 1. The van der Waals surface area contributed by atoms with Crippen LogP contribution >= 0.6 is 27.3 Å². The summed E-state index contributed by atoms with van der Waals surface area (Å²) in [5.74, 6) is -0.0466. The average molecular weight is 359 g/mol. The molecule has 1 aliphatic heterocycles. The maximum atomic E-state index is 12.7. The lowest BCUT2D eigenvalue weighted by Gasteiger charge is -2.32. The van der Waals surface area contributed by atoms with Crippen molar-refractivity contribution in [1.82, 2.24) is 10.2 Å². The van der Waals surface area contributed by atoms with E-state index in [9.17, 15) is 9.59 Å². The Morgan fingerprint density at radius 3 is 2.70 bits per heavy atom. The monoisotopic (exact) mass is 358 g/mol. The smallest absolute Gasteiger partial charge is 0.246 e. The van der Waals surface area contributed by atoms with Gasteiger partial charge in [-0.25, -0.2) is 0 Å². The van der Waals surface area contributed by atoms with E-state index < -0.39 is 6.04 Å². The minimum atomic E-state index is -0.462. The molecule has 0 saturated carbocycles. The number of nitrogens with zero attached hydrogens (tertiary/aromatic N) is 1. The first kappa shape index (κ1) is 15.5. The van der Waals surface area contributed by atoms with Gasteiger partial charge in [-0.1, -0.05) is 20.8 Å². The lowest BCUT2D eigenvalue weighted by Crippen LogP contribution is -2.51. The van der Waals surface area contributed by atoms with Crippen LogP contribution in [0.2, 0.25) is 0 Å². The molecule has 0 bridgehead atoms. The van der Waals surface area contributed by atoms with Crippen LogP contribution in [0.1, 0.15) is 32.1 Å². The number of nitrogens with one attached hydrogen (secondary N) is 1. The first-order valence-electron chi connectivity index (χ1n) is 6.59. The van der Waals surface area contributed by atoms with Crippen molar-refractivity contribution in [2.45, 2.75) is 39.8 Å². The fourth-order valence-electron chi connectivity index (χ4n) is 2.18. The van der Waals surface area contributed by atoms with Crippen LogP contribution in [-0.4, -0.2) is 29.3 Å². The molecular weight excluding hydrogens is 340 g/mol. The third kappa shape index (κ3) is 3.41. The van der Waals surface area contributed by atoms with Gasteiger partial charge in [-0.05, 0) is 32.8 Å². The van der Waals surface area contributed by atoms with E-state index in [-0.39, 0.29) is 17.2 Å². The molecular formula is C14H19BrN2O2S. The molecule has 1 atom stereocenters. The highest BCUT2D eigenvalue weighted by atomic mass is 79.9. The zero-order valence-corrected chi connectivity index (χ0v) is 14.3. The second-order valence-corrected chi connectivity index (χ2v) is 7.92. The highest BCUT2D eigenvalue weighted by molar-refractivity contribution is 9.10. The van der Waals surface area contributed by atoms with Crippen LogP contribution in [0.15, 0.2) is 15.9 Å². The zero-order valence-electron chi connectivity index (χ0n) is 11.9. The van der Waals surface area contributed by atoms with Gasteiger partial charge in [0.25, 0.3) is 0 Å². The molecule has 110 valence electrons. The second kappa shape index (κ2) is 5.85. The number of hydrogen-bond donors (Lipinski definition) is 1. The quantitative estimate of drug-likeness (QED) is 0.883. The molecule has 0 radical (unpaired) electrons. The van der Waals surface area contributed by atoms with E-state index in [1.165, 1.54) is 0 Å². The molecule has 6 heteroatoms. The molecule has 0 aromatic carbocycles. The lowest BCUT2D eigenvalue weighted by atomic mass is 9.86.